The summed E-state index contributed by atoms with van der Waals surface area (Å²) in [6, 6.07) is 24.4. The molecule has 0 saturated carbocycles. The van der Waals surface area contributed by atoms with Gasteiger partial charge in [0.2, 0.25) is 17.7 Å². The highest BCUT2D eigenvalue weighted by molar-refractivity contribution is 5.91. The minimum Gasteiger partial charge on any atom is -0.481 e. The van der Waals surface area contributed by atoms with Crippen LogP contribution in [0.25, 0.3) is 22.3 Å². The molecule has 0 fully saturated rings. The predicted octanol–water partition coefficient (Wildman–Crippen LogP) is 3.40. The minimum atomic E-state index is -1.10. The lowest BCUT2D eigenvalue weighted by atomic mass is 9.99. The van der Waals surface area contributed by atoms with Crippen LogP contribution in [-0.2, 0) is 25.6 Å². The second kappa shape index (κ2) is 15.9. The first-order chi connectivity index (χ1) is 19.8. The van der Waals surface area contributed by atoms with Crippen molar-refractivity contribution in [3.05, 3.63) is 84.4 Å². The zero-order chi connectivity index (χ0) is 29.6. The van der Waals surface area contributed by atoms with Crippen molar-refractivity contribution in [1.82, 2.24) is 10.6 Å². The molecule has 216 valence electrons. The Morgan fingerprint density at radius 1 is 0.683 bits per heavy atom. The lowest BCUT2D eigenvalue weighted by Gasteiger charge is -2.21. The number of amides is 3. The number of carbonyl (C=O) groups excluding carboxylic acids is 3. The number of carboxylic acid groups (broad SMARTS) is 1. The number of benzene rings is 3. The molecule has 9 heteroatoms. The number of nitrogens with two attached hydrogens (primary N) is 2. The Labute approximate surface area is 240 Å². The first kappa shape index (κ1) is 31.0. The number of rotatable bonds is 16. The van der Waals surface area contributed by atoms with Gasteiger partial charge in [-0.1, -0.05) is 78.9 Å². The van der Waals surface area contributed by atoms with Crippen LogP contribution in [0.15, 0.2) is 78.9 Å². The lowest BCUT2D eigenvalue weighted by Crippen LogP contribution is -2.53. The molecule has 3 aromatic carbocycles. The zero-order valence-corrected chi connectivity index (χ0v) is 23.1. The Balaban J connectivity index is 1.56. The molecule has 2 atom stereocenters. The molecule has 9 nitrogen and oxygen atoms in total. The monoisotopic (exact) mass is 558 g/mol. The summed E-state index contributed by atoms with van der Waals surface area (Å²) in [6.07, 6.45) is 1.69. The molecule has 0 spiro atoms. The summed E-state index contributed by atoms with van der Waals surface area (Å²) in [5.41, 5.74) is 16.3. The highest BCUT2D eigenvalue weighted by Crippen LogP contribution is 2.25. The SMILES string of the molecule is NCCCCC(NC(=O)C(CCC(=O)O)NC(=O)CCc1ccc(-c2ccc(-c3ccccc3)cc2)cc1)C(N)=O. The average Bonchev–Trinajstić information content (AvgIpc) is 2.98. The van der Waals surface area contributed by atoms with Crippen molar-refractivity contribution in [2.24, 2.45) is 11.5 Å². The van der Waals surface area contributed by atoms with E-state index in [4.69, 9.17) is 16.6 Å². The Bertz CT molecular complexity index is 1290. The zero-order valence-electron chi connectivity index (χ0n) is 23.1. The topological polar surface area (TPSA) is 165 Å². The summed E-state index contributed by atoms with van der Waals surface area (Å²) in [4.78, 5) is 48.4. The number of carbonyl (C=O) groups is 4. The van der Waals surface area contributed by atoms with Crippen LogP contribution in [0.1, 0.15) is 44.1 Å². The second-order valence-electron chi connectivity index (χ2n) is 9.94. The highest BCUT2D eigenvalue weighted by atomic mass is 16.4. The van der Waals surface area contributed by atoms with Gasteiger partial charge in [0.15, 0.2) is 0 Å². The molecular formula is C32H38N4O5. The van der Waals surface area contributed by atoms with Crippen molar-refractivity contribution in [3.63, 3.8) is 0 Å². The maximum Gasteiger partial charge on any atom is 0.303 e. The Morgan fingerprint density at radius 3 is 1.78 bits per heavy atom. The van der Waals surface area contributed by atoms with Gasteiger partial charge in [0.25, 0.3) is 0 Å². The van der Waals surface area contributed by atoms with Crippen LogP contribution in [0, 0.1) is 0 Å². The molecule has 2 unspecified atom stereocenters. The molecule has 0 aromatic heterocycles. The van der Waals surface area contributed by atoms with Crippen molar-refractivity contribution in [3.8, 4) is 22.3 Å². The van der Waals surface area contributed by atoms with Crippen LogP contribution in [0.4, 0.5) is 0 Å². The number of primary amides is 1. The summed E-state index contributed by atoms with van der Waals surface area (Å²) in [6.45, 7) is 0.446. The number of aliphatic carboxylic acids is 1. The normalized spacial score (nSPS) is 12.2. The van der Waals surface area contributed by atoms with Gasteiger partial charge in [0.05, 0.1) is 0 Å². The Kier molecular flexibility index (Phi) is 12.1. The summed E-state index contributed by atoms with van der Waals surface area (Å²) in [7, 11) is 0. The Hall–Kier alpha value is -4.50. The molecule has 0 bridgehead atoms. The van der Waals surface area contributed by atoms with E-state index in [1.165, 1.54) is 0 Å². The van der Waals surface area contributed by atoms with E-state index in [-0.39, 0.29) is 19.3 Å². The first-order valence-electron chi connectivity index (χ1n) is 13.8. The molecular weight excluding hydrogens is 520 g/mol. The van der Waals surface area contributed by atoms with Gasteiger partial charge in [-0.05, 0) is 66.5 Å². The van der Waals surface area contributed by atoms with Crippen LogP contribution in [0.3, 0.4) is 0 Å². The summed E-state index contributed by atoms with van der Waals surface area (Å²) < 4.78 is 0. The maximum atomic E-state index is 12.8. The van der Waals surface area contributed by atoms with Gasteiger partial charge in [0.1, 0.15) is 12.1 Å². The fourth-order valence-corrected chi connectivity index (χ4v) is 4.46. The number of nitrogens with one attached hydrogen (secondary N) is 2. The van der Waals surface area contributed by atoms with Crippen LogP contribution < -0.4 is 22.1 Å². The van der Waals surface area contributed by atoms with Crippen LogP contribution in [0.5, 0.6) is 0 Å². The van der Waals surface area contributed by atoms with E-state index < -0.39 is 35.8 Å². The van der Waals surface area contributed by atoms with Gasteiger partial charge in [-0.25, -0.2) is 0 Å². The minimum absolute atomic E-state index is 0.109. The molecule has 0 saturated heterocycles. The van der Waals surface area contributed by atoms with E-state index in [1.54, 1.807) is 0 Å². The smallest absolute Gasteiger partial charge is 0.303 e. The van der Waals surface area contributed by atoms with Crippen LogP contribution >= 0.6 is 0 Å². The third-order valence-corrected chi connectivity index (χ3v) is 6.83. The average molecular weight is 559 g/mol. The first-order valence-corrected chi connectivity index (χ1v) is 13.8. The number of unbranched alkanes of at least 4 members (excludes halogenated alkanes) is 1. The number of hydrogen-bond acceptors (Lipinski definition) is 5. The van der Waals surface area contributed by atoms with Crippen molar-refractivity contribution in [2.45, 2.75) is 57.0 Å². The van der Waals surface area contributed by atoms with E-state index in [9.17, 15) is 19.2 Å². The van der Waals surface area contributed by atoms with E-state index in [1.807, 2.05) is 42.5 Å². The second-order valence-corrected chi connectivity index (χ2v) is 9.94. The molecule has 7 N–H and O–H groups in total. The van der Waals surface area contributed by atoms with Gasteiger partial charge >= 0.3 is 5.97 Å². The molecule has 3 rings (SSSR count). The molecule has 0 radical (unpaired) electrons. The van der Waals surface area contributed by atoms with Crippen LogP contribution in [0.2, 0.25) is 0 Å². The highest BCUT2D eigenvalue weighted by Gasteiger charge is 2.26. The van der Waals surface area contributed by atoms with Gasteiger partial charge < -0.3 is 27.2 Å². The molecule has 0 aliphatic heterocycles. The number of hydrogen-bond donors (Lipinski definition) is 5. The largest absolute Gasteiger partial charge is 0.481 e. The fourth-order valence-electron chi connectivity index (χ4n) is 4.46. The quantitative estimate of drug-likeness (QED) is 0.169. The van der Waals surface area contributed by atoms with Crippen molar-refractivity contribution in [1.29, 1.82) is 0 Å². The summed E-state index contributed by atoms with van der Waals surface area (Å²) in [5.74, 6) is -2.83. The van der Waals surface area contributed by atoms with Crippen molar-refractivity contribution in [2.75, 3.05) is 6.54 Å². The Morgan fingerprint density at radius 2 is 1.24 bits per heavy atom. The summed E-state index contributed by atoms with van der Waals surface area (Å²) >= 11 is 0. The predicted molar refractivity (Wildman–Crippen MR) is 158 cm³/mol. The van der Waals surface area contributed by atoms with E-state index in [2.05, 4.69) is 47.0 Å². The van der Waals surface area contributed by atoms with Gasteiger partial charge in [-0.15, -0.1) is 0 Å². The van der Waals surface area contributed by atoms with Crippen molar-refractivity contribution < 1.29 is 24.3 Å². The van der Waals surface area contributed by atoms with E-state index in [0.717, 1.165) is 27.8 Å². The molecule has 0 aliphatic carbocycles. The molecule has 0 heterocycles. The molecule has 3 amide bonds. The lowest BCUT2D eigenvalue weighted by molar-refractivity contribution is -0.138. The third kappa shape index (κ3) is 10.2. The van der Waals surface area contributed by atoms with Crippen LogP contribution in [-0.4, -0.2) is 47.4 Å². The molecule has 3 aromatic rings. The molecule has 0 aliphatic rings. The third-order valence-electron chi connectivity index (χ3n) is 6.83. The molecule has 41 heavy (non-hydrogen) atoms. The van der Waals surface area contributed by atoms with Gasteiger partial charge in [-0.3, -0.25) is 19.2 Å². The number of aryl methyl sites for hydroxylation is 1. The maximum absolute atomic E-state index is 12.8. The van der Waals surface area contributed by atoms with E-state index >= 15 is 0 Å². The standard InChI is InChI=1S/C32H38N4O5/c33-21-5-4-8-27(31(34)40)36-32(41)28(18-20-30(38)39)35-29(37)19-11-22-9-12-24(13-10-22)26-16-14-25(15-17-26)23-6-2-1-3-7-23/h1-3,6-7,9-10,12-17,27-28H,4-5,8,11,18-21,33H2,(H2,34,40)(H,35,37)(H,36,41)(H,38,39). The summed E-state index contributed by atoms with van der Waals surface area (Å²) in [5, 5.41) is 14.3. The number of carboxylic acids is 1. The van der Waals surface area contributed by atoms with E-state index in [0.29, 0.717) is 32.2 Å². The van der Waals surface area contributed by atoms with Gasteiger partial charge in [0, 0.05) is 12.8 Å². The van der Waals surface area contributed by atoms with Crippen molar-refractivity contribution >= 4 is 23.7 Å². The van der Waals surface area contributed by atoms with Gasteiger partial charge in [-0.2, -0.15) is 0 Å². The fraction of sp³-hybridized carbons (Fsp3) is 0.312.